The van der Waals surface area contributed by atoms with Gasteiger partial charge in [-0.3, -0.25) is 4.79 Å². The highest BCUT2D eigenvalue weighted by Crippen LogP contribution is 2.64. The van der Waals surface area contributed by atoms with E-state index in [0.717, 1.165) is 50.3 Å². The van der Waals surface area contributed by atoms with Gasteiger partial charge in [0.05, 0.1) is 18.8 Å². The second-order valence-electron chi connectivity index (χ2n) is 11.5. The molecule has 1 atom stereocenters. The van der Waals surface area contributed by atoms with E-state index in [1.807, 2.05) is 24.3 Å². The Labute approximate surface area is 237 Å². The molecule has 1 saturated carbocycles. The van der Waals surface area contributed by atoms with Crippen LogP contribution in [0.15, 0.2) is 60.0 Å². The Kier molecular flexibility index (Phi) is 6.00. The second kappa shape index (κ2) is 9.51. The number of rotatable bonds is 7. The lowest BCUT2D eigenvalue weighted by molar-refractivity contribution is -0.0721. The second-order valence-corrected chi connectivity index (χ2v) is 11.5. The SMILES string of the molecule is C=CCn1c(=O)c2cnc(Nc3ccc(N4CCN(C)CC4)cc3)nc2n1-c1ccc2c(n1)C(O)(CO)C1(CC1)C2. The smallest absolute Gasteiger partial charge is 0.278 e. The number of aromatic nitrogens is 5. The highest BCUT2D eigenvalue weighted by molar-refractivity contribution is 5.77. The summed E-state index contributed by atoms with van der Waals surface area (Å²) in [5.74, 6) is 0.780. The van der Waals surface area contributed by atoms with Gasteiger partial charge in [0.25, 0.3) is 5.56 Å². The molecule has 1 saturated heterocycles. The van der Waals surface area contributed by atoms with Crippen LogP contribution in [0, 0.1) is 5.41 Å². The average molecular weight is 555 g/mol. The zero-order chi connectivity index (χ0) is 28.4. The maximum Gasteiger partial charge on any atom is 0.278 e. The van der Waals surface area contributed by atoms with Crippen LogP contribution in [-0.4, -0.2) is 79.3 Å². The van der Waals surface area contributed by atoms with Crippen molar-refractivity contribution in [2.24, 2.45) is 5.41 Å². The molecule has 2 fully saturated rings. The van der Waals surface area contributed by atoms with Crippen molar-refractivity contribution in [3.63, 3.8) is 0 Å². The highest BCUT2D eigenvalue weighted by atomic mass is 16.3. The number of hydrogen-bond acceptors (Lipinski definition) is 9. The number of fused-ring (bicyclic) bond motifs is 2. The van der Waals surface area contributed by atoms with Gasteiger partial charge in [-0.15, -0.1) is 6.58 Å². The number of aliphatic hydroxyl groups excluding tert-OH is 1. The fraction of sp³-hybridized carbons (Fsp3) is 0.400. The van der Waals surface area contributed by atoms with E-state index in [4.69, 9.17) is 9.97 Å². The predicted molar refractivity (Wildman–Crippen MR) is 157 cm³/mol. The minimum Gasteiger partial charge on any atom is -0.393 e. The van der Waals surface area contributed by atoms with Crippen LogP contribution in [-0.2, 0) is 18.6 Å². The molecular formula is C30H34N8O3. The minimum atomic E-state index is -1.40. The maximum absolute atomic E-state index is 13.4. The molecule has 212 valence electrons. The van der Waals surface area contributed by atoms with Crippen molar-refractivity contribution in [3.05, 3.63) is 76.9 Å². The van der Waals surface area contributed by atoms with Gasteiger partial charge in [-0.2, -0.15) is 4.98 Å². The number of nitrogens with one attached hydrogen (secondary N) is 1. The number of anilines is 3. The number of allylic oxidation sites excluding steroid dienone is 1. The molecule has 1 aromatic carbocycles. The van der Waals surface area contributed by atoms with Crippen molar-refractivity contribution >= 4 is 28.4 Å². The number of likely N-dealkylation sites (N-methyl/N-ethyl adjacent to an activating group) is 1. The molecule has 0 bridgehead atoms. The Bertz CT molecular complexity index is 1700. The van der Waals surface area contributed by atoms with Crippen LogP contribution in [0.3, 0.4) is 0 Å². The van der Waals surface area contributed by atoms with Gasteiger partial charge in [-0.1, -0.05) is 12.1 Å². The van der Waals surface area contributed by atoms with Crippen LogP contribution in [0.2, 0.25) is 0 Å². The van der Waals surface area contributed by atoms with E-state index in [1.54, 1.807) is 10.8 Å². The number of nitrogens with zero attached hydrogens (tertiary/aromatic N) is 7. The van der Waals surface area contributed by atoms with E-state index in [9.17, 15) is 15.0 Å². The monoisotopic (exact) mass is 554 g/mol. The molecule has 3 N–H and O–H groups in total. The van der Waals surface area contributed by atoms with Crippen molar-refractivity contribution in [2.75, 3.05) is 50.1 Å². The summed E-state index contributed by atoms with van der Waals surface area (Å²) < 4.78 is 3.16. The molecule has 41 heavy (non-hydrogen) atoms. The summed E-state index contributed by atoms with van der Waals surface area (Å²) in [4.78, 5) is 32.1. The van der Waals surface area contributed by atoms with Crippen LogP contribution < -0.4 is 15.8 Å². The van der Waals surface area contributed by atoms with Crippen LogP contribution in [0.25, 0.3) is 16.9 Å². The molecule has 1 aliphatic heterocycles. The van der Waals surface area contributed by atoms with Crippen LogP contribution in [0.5, 0.6) is 0 Å². The highest BCUT2D eigenvalue weighted by Gasteiger charge is 2.64. The summed E-state index contributed by atoms with van der Waals surface area (Å²) >= 11 is 0. The summed E-state index contributed by atoms with van der Waals surface area (Å²) in [5, 5.41) is 25.3. The number of hydrogen-bond donors (Lipinski definition) is 3. The molecule has 1 spiro atoms. The van der Waals surface area contributed by atoms with E-state index >= 15 is 0 Å². The summed E-state index contributed by atoms with van der Waals surface area (Å²) in [7, 11) is 2.14. The Balaban J connectivity index is 1.25. The van der Waals surface area contributed by atoms with E-state index in [1.165, 1.54) is 16.6 Å². The molecule has 3 aromatic heterocycles. The standard InChI is InChI=1S/C30H34N8O3/c1-3-12-37-27(40)23-18-31-28(32-21-5-7-22(8-6-21)36-15-13-35(2)14-16-36)34-26(23)38(37)24-9-4-20-17-29(10-11-29)30(41,19-39)25(20)33-24/h3-9,18,39,41H,1,10-17,19H2,2H3,(H,31,32,34). The third kappa shape index (κ3) is 4.06. The molecule has 1 unspecified atom stereocenters. The zero-order valence-electron chi connectivity index (χ0n) is 23.1. The Morgan fingerprint density at radius 1 is 1.07 bits per heavy atom. The predicted octanol–water partition coefficient (Wildman–Crippen LogP) is 2.17. The molecule has 11 heteroatoms. The quantitative estimate of drug-likeness (QED) is 0.295. The molecule has 4 heterocycles. The van der Waals surface area contributed by atoms with Crippen molar-refractivity contribution in [1.29, 1.82) is 0 Å². The Morgan fingerprint density at radius 3 is 2.51 bits per heavy atom. The van der Waals surface area contributed by atoms with Crippen molar-refractivity contribution in [2.45, 2.75) is 31.4 Å². The van der Waals surface area contributed by atoms with Crippen LogP contribution in [0.1, 0.15) is 24.1 Å². The summed E-state index contributed by atoms with van der Waals surface area (Å²) in [6, 6.07) is 12.0. The molecular weight excluding hydrogens is 520 g/mol. The third-order valence-corrected chi connectivity index (χ3v) is 9.03. The van der Waals surface area contributed by atoms with Gasteiger partial charge < -0.3 is 25.3 Å². The van der Waals surface area contributed by atoms with Crippen LogP contribution in [0.4, 0.5) is 17.3 Å². The number of pyridine rings is 1. The van der Waals surface area contributed by atoms with Gasteiger partial charge in [0.2, 0.25) is 5.95 Å². The average Bonchev–Trinajstić information content (AvgIpc) is 3.67. The number of piperazine rings is 1. The van der Waals surface area contributed by atoms with Gasteiger partial charge in [-0.25, -0.2) is 19.3 Å². The van der Waals surface area contributed by atoms with E-state index in [-0.39, 0.29) is 17.5 Å². The van der Waals surface area contributed by atoms with Crippen molar-refractivity contribution in [1.82, 2.24) is 29.2 Å². The van der Waals surface area contributed by atoms with Gasteiger partial charge in [0.15, 0.2) is 11.5 Å². The molecule has 3 aliphatic rings. The van der Waals surface area contributed by atoms with E-state index in [0.29, 0.717) is 34.9 Å². The normalized spacial score (nSPS) is 21.4. The molecule has 11 nitrogen and oxygen atoms in total. The lowest BCUT2D eigenvalue weighted by Gasteiger charge is -2.34. The molecule has 7 rings (SSSR count). The van der Waals surface area contributed by atoms with Gasteiger partial charge >= 0.3 is 0 Å². The first-order valence-electron chi connectivity index (χ1n) is 14.1. The summed E-state index contributed by atoms with van der Waals surface area (Å²) in [6.07, 6.45) is 5.55. The largest absolute Gasteiger partial charge is 0.393 e. The summed E-state index contributed by atoms with van der Waals surface area (Å²) in [6.45, 7) is 7.73. The summed E-state index contributed by atoms with van der Waals surface area (Å²) in [5.41, 5.74) is 1.78. The van der Waals surface area contributed by atoms with Gasteiger partial charge in [-0.05, 0) is 62.2 Å². The fourth-order valence-electron chi connectivity index (χ4n) is 6.40. The lowest BCUT2D eigenvalue weighted by Crippen LogP contribution is -2.44. The van der Waals surface area contributed by atoms with Crippen LogP contribution >= 0.6 is 0 Å². The topological polar surface area (TPSA) is 125 Å². The molecule has 0 amide bonds. The van der Waals surface area contributed by atoms with E-state index < -0.39 is 12.2 Å². The number of benzene rings is 1. The Morgan fingerprint density at radius 2 is 1.83 bits per heavy atom. The van der Waals surface area contributed by atoms with Gasteiger partial charge in [0, 0.05) is 49.2 Å². The Hall–Kier alpha value is -4.06. The van der Waals surface area contributed by atoms with Gasteiger partial charge in [0.1, 0.15) is 11.0 Å². The first-order chi connectivity index (χ1) is 19.9. The lowest BCUT2D eigenvalue weighted by atomic mass is 9.87. The fourth-order valence-corrected chi connectivity index (χ4v) is 6.40. The van der Waals surface area contributed by atoms with E-state index in [2.05, 4.69) is 45.9 Å². The minimum absolute atomic E-state index is 0.235. The zero-order valence-corrected chi connectivity index (χ0v) is 23.1. The molecule has 2 aliphatic carbocycles. The first-order valence-corrected chi connectivity index (χ1v) is 14.1. The molecule has 0 radical (unpaired) electrons. The van der Waals surface area contributed by atoms with Crippen molar-refractivity contribution < 1.29 is 10.2 Å². The van der Waals surface area contributed by atoms with Crippen molar-refractivity contribution in [3.8, 4) is 5.82 Å². The third-order valence-electron chi connectivity index (χ3n) is 9.03. The first kappa shape index (κ1) is 25.9. The molecule has 4 aromatic rings. The number of aliphatic hydroxyl groups is 2. The maximum atomic E-state index is 13.4.